The van der Waals surface area contributed by atoms with Crippen molar-refractivity contribution in [2.75, 3.05) is 0 Å². The summed E-state index contributed by atoms with van der Waals surface area (Å²) in [4.78, 5) is 0. The Kier molecular flexibility index (Phi) is 15.3. The van der Waals surface area contributed by atoms with E-state index in [0.717, 1.165) is 29.6 Å². The Morgan fingerprint density at radius 1 is 0.531 bits per heavy atom. The summed E-state index contributed by atoms with van der Waals surface area (Å²) < 4.78 is 0. The van der Waals surface area contributed by atoms with Crippen LogP contribution < -0.4 is 5.73 Å². The molecule has 2 aliphatic carbocycles. The third-order valence-corrected chi connectivity index (χ3v) is 9.34. The first-order valence-electron chi connectivity index (χ1n) is 15.3. The molecule has 2 fully saturated rings. The van der Waals surface area contributed by atoms with Crippen LogP contribution in [0.2, 0.25) is 0 Å². The van der Waals surface area contributed by atoms with Crippen LogP contribution in [0.25, 0.3) is 0 Å². The second-order valence-corrected chi connectivity index (χ2v) is 12.5. The van der Waals surface area contributed by atoms with Gasteiger partial charge in [0, 0.05) is 6.04 Å². The third kappa shape index (κ3) is 12.4. The molecule has 2 saturated carbocycles. The highest BCUT2D eigenvalue weighted by atomic mass is 14.7. The van der Waals surface area contributed by atoms with Gasteiger partial charge >= 0.3 is 0 Å². The van der Waals surface area contributed by atoms with Gasteiger partial charge in [-0.05, 0) is 61.7 Å². The van der Waals surface area contributed by atoms with Gasteiger partial charge in [-0.15, -0.1) is 0 Å². The van der Waals surface area contributed by atoms with Crippen LogP contribution >= 0.6 is 0 Å². The molecule has 1 heteroatoms. The van der Waals surface area contributed by atoms with Crippen LogP contribution in [-0.4, -0.2) is 6.04 Å². The molecule has 190 valence electrons. The van der Waals surface area contributed by atoms with E-state index in [2.05, 4.69) is 20.8 Å². The van der Waals surface area contributed by atoms with Crippen molar-refractivity contribution in [1.82, 2.24) is 0 Å². The smallest absolute Gasteiger partial charge is 0.00697 e. The number of rotatable bonds is 4. The van der Waals surface area contributed by atoms with Gasteiger partial charge in [-0.25, -0.2) is 0 Å². The van der Waals surface area contributed by atoms with E-state index in [1.165, 1.54) is 141 Å². The maximum absolute atomic E-state index is 7.02. The second kappa shape index (κ2) is 17.4. The van der Waals surface area contributed by atoms with E-state index in [4.69, 9.17) is 5.73 Å². The lowest BCUT2D eigenvalue weighted by atomic mass is 9.79. The van der Waals surface area contributed by atoms with Gasteiger partial charge in [-0.1, -0.05) is 130 Å². The van der Waals surface area contributed by atoms with E-state index < -0.39 is 0 Å². The molecule has 0 aromatic rings. The van der Waals surface area contributed by atoms with E-state index in [1.807, 2.05) is 0 Å². The molecule has 0 aromatic heterocycles. The van der Waals surface area contributed by atoms with Gasteiger partial charge in [0.2, 0.25) is 0 Å². The van der Waals surface area contributed by atoms with Crippen molar-refractivity contribution in [3.63, 3.8) is 0 Å². The maximum Gasteiger partial charge on any atom is 0.00697 e. The minimum atomic E-state index is 0.453. The summed E-state index contributed by atoms with van der Waals surface area (Å²) >= 11 is 0. The lowest BCUT2D eigenvalue weighted by molar-refractivity contribution is 0.247. The Hall–Kier alpha value is -0.0400. The second-order valence-electron chi connectivity index (χ2n) is 12.5. The van der Waals surface area contributed by atoms with E-state index >= 15 is 0 Å². The van der Waals surface area contributed by atoms with Gasteiger partial charge in [0.05, 0.1) is 0 Å². The molecular formula is C31H61N. The predicted molar refractivity (Wildman–Crippen MR) is 144 cm³/mol. The lowest BCUT2D eigenvalue weighted by Crippen LogP contribution is -2.33. The van der Waals surface area contributed by atoms with Gasteiger partial charge in [0.15, 0.2) is 0 Å². The van der Waals surface area contributed by atoms with Crippen LogP contribution in [0.15, 0.2) is 0 Å². The Morgan fingerprint density at radius 3 is 1.56 bits per heavy atom. The average Bonchev–Trinajstić information content (AvgIpc) is 2.80. The maximum atomic E-state index is 7.02. The van der Waals surface area contributed by atoms with Crippen molar-refractivity contribution in [2.24, 2.45) is 35.3 Å². The monoisotopic (exact) mass is 447 g/mol. The largest absolute Gasteiger partial charge is 0.327 e. The van der Waals surface area contributed by atoms with Crippen LogP contribution in [0, 0.1) is 29.6 Å². The molecular weight excluding hydrogens is 386 g/mol. The summed E-state index contributed by atoms with van der Waals surface area (Å²) in [6, 6.07) is 0.453. The van der Waals surface area contributed by atoms with Crippen molar-refractivity contribution < 1.29 is 0 Å². The zero-order valence-electron chi connectivity index (χ0n) is 22.6. The average molecular weight is 448 g/mol. The molecule has 0 heterocycles. The predicted octanol–water partition coefficient (Wildman–Crippen LogP) is 10.1. The molecule has 0 saturated heterocycles. The molecule has 0 amide bonds. The quantitative estimate of drug-likeness (QED) is 0.455. The highest BCUT2D eigenvalue weighted by molar-refractivity contribution is 4.79. The van der Waals surface area contributed by atoms with Crippen molar-refractivity contribution in [1.29, 1.82) is 0 Å². The van der Waals surface area contributed by atoms with Crippen LogP contribution in [0.3, 0.4) is 0 Å². The zero-order chi connectivity index (χ0) is 23.0. The topological polar surface area (TPSA) is 26.0 Å². The molecule has 2 aliphatic rings. The molecule has 4 unspecified atom stereocenters. The minimum Gasteiger partial charge on any atom is -0.327 e. The molecule has 0 bridgehead atoms. The lowest BCUT2D eigenvalue weighted by Gasteiger charge is -2.29. The Balaban J connectivity index is 1.89. The molecule has 2 rings (SSSR count). The molecule has 2 N–H and O–H groups in total. The van der Waals surface area contributed by atoms with Crippen LogP contribution in [0.1, 0.15) is 162 Å². The van der Waals surface area contributed by atoms with Crippen molar-refractivity contribution >= 4 is 0 Å². The summed E-state index contributed by atoms with van der Waals surface area (Å²) in [5, 5.41) is 0. The van der Waals surface area contributed by atoms with E-state index in [9.17, 15) is 0 Å². The fourth-order valence-electron chi connectivity index (χ4n) is 6.76. The van der Waals surface area contributed by atoms with Gasteiger partial charge in [-0.2, -0.15) is 0 Å². The number of hydrogen-bond acceptors (Lipinski definition) is 1. The molecule has 4 atom stereocenters. The highest BCUT2D eigenvalue weighted by Gasteiger charge is 2.24. The van der Waals surface area contributed by atoms with E-state index in [-0.39, 0.29) is 0 Å². The fourth-order valence-corrected chi connectivity index (χ4v) is 6.76. The first-order valence-corrected chi connectivity index (χ1v) is 15.3. The Labute approximate surface area is 203 Å². The SMILES string of the molecule is CC1CCCCC(CC(N)C2CCCCCCCCCCCCC2)CCC(C(C)C)CC1. The van der Waals surface area contributed by atoms with Crippen LogP contribution in [-0.2, 0) is 0 Å². The van der Waals surface area contributed by atoms with Gasteiger partial charge in [-0.3, -0.25) is 0 Å². The molecule has 0 aromatic carbocycles. The molecule has 0 spiro atoms. The first kappa shape index (κ1) is 28.2. The van der Waals surface area contributed by atoms with Crippen LogP contribution in [0.4, 0.5) is 0 Å². The first-order chi connectivity index (χ1) is 15.6. The highest BCUT2D eigenvalue weighted by Crippen LogP contribution is 2.34. The fraction of sp³-hybridized carbons (Fsp3) is 1.00. The molecule has 32 heavy (non-hydrogen) atoms. The van der Waals surface area contributed by atoms with Crippen LogP contribution in [0.5, 0.6) is 0 Å². The summed E-state index contributed by atoms with van der Waals surface area (Å²) in [6.07, 6.45) is 31.7. The van der Waals surface area contributed by atoms with Crippen molar-refractivity contribution in [3.05, 3.63) is 0 Å². The van der Waals surface area contributed by atoms with Crippen molar-refractivity contribution in [2.45, 2.75) is 168 Å². The molecule has 1 nitrogen and oxygen atoms in total. The zero-order valence-corrected chi connectivity index (χ0v) is 22.6. The van der Waals surface area contributed by atoms with E-state index in [1.54, 1.807) is 0 Å². The summed E-state index contributed by atoms with van der Waals surface area (Å²) in [7, 11) is 0. The van der Waals surface area contributed by atoms with E-state index in [0.29, 0.717) is 6.04 Å². The number of nitrogens with two attached hydrogens (primary N) is 1. The summed E-state index contributed by atoms with van der Waals surface area (Å²) in [5.74, 6) is 4.38. The van der Waals surface area contributed by atoms with Gasteiger partial charge in [0.1, 0.15) is 0 Å². The minimum absolute atomic E-state index is 0.453. The standard InChI is InChI=1S/C31H61N/c1-26(2)29-23-21-27(3)17-15-16-18-28(22-24-29)25-31(32)30-19-13-11-9-7-5-4-6-8-10-12-14-20-30/h26-31H,4-25,32H2,1-3H3. The molecule has 0 radical (unpaired) electrons. The van der Waals surface area contributed by atoms with Gasteiger partial charge in [0.25, 0.3) is 0 Å². The number of hydrogen-bond donors (Lipinski definition) is 1. The third-order valence-electron chi connectivity index (χ3n) is 9.34. The Morgan fingerprint density at radius 2 is 1.00 bits per heavy atom. The molecule has 0 aliphatic heterocycles. The Bertz CT molecular complexity index is 416. The summed E-state index contributed by atoms with van der Waals surface area (Å²) in [6.45, 7) is 7.42. The van der Waals surface area contributed by atoms with Gasteiger partial charge < -0.3 is 5.73 Å². The normalized spacial score (nSPS) is 30.8. The van der Waals surface area contributed by atoms with Crippen molar-refractivity contribution in [3.8, 4) is 0 Å². The summed E-state index contributed by atoms with van der Waals surface area (Å²) in [5.41, 5.74) is 7.02.